The number of carbonyl (C=O) groups excluding carboxylic acids is 2. The molecule has 1 aromatic rings. The van der Waals surface area contributed by atoms with Gasteiger partial charge in [0.1, 0.15) is 5.54 Å². The summed E-state index contributed by atoms with van der Waals surface area (Å²) in [4.78, 5) is 34.8. The summed E-state index contributed by atoms with van der Waals surface area (Å²) in [5, 5.41) is 15.8. The van der Waals surface area contributed by atoms with E-state index in [0.29, 0.717) is 17.7 Å². The van der Waals surface area contributed by atoms with Gasteiger partial charge in [0.25, 0.3) is 5.91 Å². The summed E-state index contributed by atoms with van der Waals surface area (Å²) in [5.74, 6) is -1.83. The van der Waals surface area contributed by atoms with Crippen molar-refractivity contribution in [1.29, 1.82) is 0 Å². The molecule has 0 radical (unpaired) electrons. The van der Waals surface area contributed by atoms with Crippen LogP contribution < -0.4 is 10.6 Å². The van der Waals surface area contributed by atoms with Crippen molar-refractivity contribution in [2.75, 3.05) is 6.54 Å². The highest BCUT2D eigenvalue weighted by molar-refractivity contribution is 7.12. The van der Waals surface area contributed by atoms with E-state index in [-0.39, 0.29) is 12.5 Å². The molecular weight excluding hydrogens is 268 g/mol. The van der Waals surface area contributed by atoms with E-state index < -0.39 is 17.4 Å². The first kappa shape index (κ1) is 13.5. The number of hydrogen-bond donors (Lipinski definition) is 3. The van der Waals surface area contributed by atoms with E-state index in [4.69, 9.17) is 5.11 Å². The van der Waals surface area contributed by atoms with Crippen molar-refractivity contribution in [2.24, 2.45) is 0 Å². The number of thiophene rings is 1. The molecule has 0 aromatic carbocycles. The van der Waals surface area contributed by atoms with Crippen LogP contribution in [0.3, 0.4) is 0 Å². The maximum absolute atomic E-state index is 11.6. The molecule has 1 aliphatic carbocycles. The molecule has 6 nitrogen and oxygen atoms in total. The Balaban J connectivity index is 1.82. The molecule has 1 fully saturated rings. The van der Waals surface area contributed by atoms with Gasteiger partial charge in [0.15, 0.2) is 0 Å². The Labute approximate surface area is 113 Å². The Kier molecular flexibility index (Phi) is 3.84. The highest BCUT2D eigenvalue weighted by Gasteiger charge is 2.45. The molecular formula is C12H14N2O4S. The molecule has 19 heavy (non-hydrogen) atoms. The second-order valence-corrected chi connectivity index (χ2v) is 5.40. The fourth-order valence-corrected chi connectivity index (χ4v) is 2.53. The van der Waals surface area contributed by atoms with Crippen molar-refractivity contribution in [2.45, 2.75) is 24.8 Å². The summed E-state index contributed by atoms with van der Waals surface area (Å²) in [5.41, 5.74) is -1.13. The third-order valence-electron chi connectivity index (χ3n) is 3.15. The van der Waals surface area contributed by atoms with Crippen LogP contribution in [-0.2, 0) is 9.59 Å². The third-order valence-corrected chi connectivity index (χ3v) is 4.02. The molecule has 2 rings (SSSR count). The molecule has 0 aliphatic heterocycles. The highest BCUT2D eigenvalue weighted by Crippen LogP contribution is 2.31. The Morgan fingerprint density at radius 1 is 1.37 bits per heavy atom. The van der Waals surface area contributed by atoms with Crippen molar-refractivity contribution in [3.8, 4) is 0 Å². The number of rotatable bonds is 5. The zero-order valence-corrected chi connectivity index (χ0v) is 11.0. The summed E-state index contributed by atoms with van der Waals surface area (Å²) in [6, 6.07) is 3.40. The Hall–Kier alpha value is -1.89. The molecule has 7 heteroatoms. The smallest absolute Gasteiger partial charge is 0.329 e. The van der Waals surface area contributed by atoms with Crippen molar-refractivity contribution in [3.05, 3.63) is 22.4 Å². The van der Waals surface area contributed by atoms with Gasteiger partial charge < -0.3 is 15.7 Å². The molecule has 1 aromatic heterocycles. The van der Waals surface area contributed by atoms with Crippen LogP contribution in [0.5, 0.6) is 0 Å². The van der Waals surface area contributed by atoms with E-state index in [1.54, 1.807) is 17.5 Å². The van der Waals surface area contributed by atoms with Crippen molar-refractivity contribution < 1.29 is 19.5 Å². The topological polar surface area (TPSA) is 95.5 Å². The number of carboxylic acid groups (broad SMARTS) is 1. The molecule has 0 atom stereocenters. The van der Waals surface area contributed by atoms with Crippen LogP contribution in [0.2, 0.25) is 0 Å². The highest BCUT2D eigenvalue weighted by atomic mass is 32.1. The quantitative estimate of drug-likeness (QED) is 0.737. The number of hydrogen-bond acceptors (Lipinski definition) is 4. The lowest BCUT2D eigenvalue weighted by Gasteiger charge is -2.38. The molecule has 0 saturated heterocycles. The minimum atomic E-state index is -1.13. The van der Waals surface area contributed by atoms with E-state index >= 15 is 0 Å². The Morgan fingerprint density at radius 3 is 2.58 bits per heavy atom. The largest absolute Gasteiger partial charge is 0.480 e. The van der Waals surface area contributed by atoms with Crippen LogP contribution in [0.15, 0.2) is 17.5 Å². The first-order chi connectivity index (χ1) is 9.03. The van der Waals surface area contributed by atoms with E-state index in [9.17, 15) is 14.4 Å². The zero-order valence-electron chi connectivity index (χ0n) is 10.1. The summed E-state index contributed by atoms with van der Waals surface area (Å²) in [6.45, 7) is -0.217. The Bertz CT molecular complexity index is 494. The lowest BCUT2D eigenvalue weighted by Crippen LogP contribution is -2.60. The van der Waals surface area contributed by atoms with Crippen LogP contribution in [-0.4, -0.2) is 35.0 Å². The van der Waals surface area contributed by atoms with Crippen LogP contribution >= 0.6 is 11.3 Å². The van der Waals surface area contributed by atoms with E-state index in [0.717, 1.165) is 6.42 Å². The molecule has 0 spiro atoms. The van der Waals surface area contributed by atoms with E-state index in [2.05, 4.69) is 10.6 Å². The zero-order chi connectivity index (χ0) is 13.9. The molecule has 0 bridgehead atoms. The molecule has 2 amide bonds. The molecule has 0 unspecified atom stereocenters. The fourth-order valence-electron chi connectivity index (χ4n) is 1.89. The minimum Gasteiger partial charge on any atom is -0.480 e. The van der Waals surface area contributed by atoms with Gasteiger partial charge in [-0.2, -0.15) is 0 Å². The van der Waals surface area contributed by atoms with Gasteiger partial charge in [-0.05, 0) is 30.7 Å². The summed E-state index contributed by atoms with van der Waals surface area (Å²) < 4.78 is 0. The standard InChI is InChI=1S/C12H14N2O4S/c15-9(14-12(11(17)18)4-2-5-12)7-13-10(16)8-3-1-6-19-8/h1,3,6H,2,4-5,7H2,(H,13,16)(H,14,15)(H,17,18). The molecule has 3 N–H and O–H groups in total. The van der Waals surface area contributed by atoms with Gasteiger partial charge in [0, 0.05) is 0 Å². The predicted molar refractivity (Wildman–Crippen MR) is 69.0 cm³/mol. The average Bonchev–Trinajstić information content (AvgIpc) is 2.84. The maximum Gasteiger partial charge on any atom is 0.329 e. The number of aliphatic carboxylic acids is 1. The van der Waals surface area contributed by atoms with Crippen molar-refractivity contribution in [1.82, 2.24) is 10.6 Å². The summed E-state index contributed by atoms with van der Waals surface area (Å²) >= 11 is 1.28. The van der Waals surface area contributed by atoms with Crippen molar-refractivity contribution in [3.63, 3.8) is 0 Å². The first-order valence-corrected chi connectivity index (χ1v) is 6.78. The lowest BCUT2D eigenvalue weighted by atomic mass is 9.77. The average molecular weight is 282 g/mol. The van der Waals surface area contributed by atoms with Gasteiger partial charge in [0.2, 0.25) is 5.91 Å². The molecule has 1 saturated carbocycles. The third kappa shape index (κ3) is 2.93. The number of carbonyl (C=O) groups is 3. The van der Waals surface area contributed by atoms with Gasteiger partial charge in [-0.1, -0.05) is 6.07 Å². The van der Waals surface area contributed by atoms with Gasteiger partial charge in [-0.3, -0.25) is 9.59 Å². The van der Waals surface area contributed by atoms with Crippen LogP contribution in [0, 0.1) is 0 Å². The predicted octanol–water partition coefficient (Wildman–Crippen LogP) is 0.601. The van der Waals surface area contributed by atoms with E-state index in [1.807, 2.05) is 0 Å². The number of carboxylic acids is 1. The van der Waals surface area contributed by atoms with Crippen molar-refractivity contribution >= 4 is 29.1 Å². The lowest BCUT2D eigenvalue weighted by molar-refractivity contribution is -0.151. The van der Waals surface area contributed by atoms with Crippen LogP contribution in [0.25, 0.3) is 0 Å². The second kappa shape index (κ2) is 5.40. The van der Waals surface area contributed by atoms with E-state index in [1.165, 1.54) is 11.3 Å². The normalized spacial score (nSPS) is 16.2. The van der Waals surface area contributed by atoms with Gasteiger partial charge >= 0.3 is 5.97 Å². The molecule has 1 heterocycles. The fraction of sp³-hybridized carbons (Fsp3) is 0.417. The first-order valence-electron chi connectivity index (χ1n) is 5.90. The van der Waals surface area contributed by atoms with Gasteiger partial charge in [0.05, 0.1) is 11.4 Å². The van der Waals surface area contributed by atoms with Crippen LogP contribution in [0.4, 0.5) is 0 Å². The SMILES string of the molecule is O=C(CNC(=O)c1cccs1)NC1(C(=O)O)CCC1. The maximum atomic E-state index is 11.6. The summed E-state index contributed by atoms with van der Waals surface area (Å²) in [7, 11) is 0. The van der Waals surface area contributed by atoms with Gasteiger partial charge in [-0.15, -0.1) is 11.3 Å². The minimum absolute atomic E-state index is 0.217. The Morgan fingerprint density at radius 2 is 2.11 bits per heavy atom. The number of amides is 2. The molecule has 102 valence electrons. The van der Waals surface area contributed by atoms with Crippen LogP contribution in [0.1, 0.15) is 28.9 Å². The summed E-state index contributed by atoms with van der Waals surface area (Å²) in [6.07, 6.45) is 1.66. The number of nitrogens with one attached hydrogen (secondary N) is 2. The molecule has 1 aliphatic rings. The second-order valence-electron chi connectivity index (χ2n) is 4.45. The van der Waals surface area contributed by atoms with Gasteiger partial charge in [-0.25, -0.2) is 4.79 Å². The monoisotopic (exact) mass is 282 g/mol.